The van der Waals surface area contributed by atoms with Crippen LogP contribution >= 0.6 is 15.9 Å². The first-order valence-corrected chi connectivity index (χ1v) is 9.67. The van der Waals surface area contributed by atoms with E-state index in [9.17, 15) is 4.79 Å². The Morgan fingerprint density at radius 2 is 2.00 bits per heavy atom. The molecular formula is C20H20BrN3O3. The van der Waals surface area contributed by atoms with Crippen LogP contribution in [0, 0.1) is 0 Å². The van der Waals surface area contributed by atoms with E-state index in [1.54, 1.807) is 0 Å². The molecule has 27 heavy (non-hydrogen) atoms. The number of fused-ring (bicyclic) bond motifs is 1. The van der Waals surface area contributed by atoms with Gasteiger partial charge < -0.3 is 19.8 Å². The number of carbonyl (C=O) groups excluding carboxylic acids is 1. The molecule has 1 N–H and O–H groups in total. The Hall–Kier alpha value is -2.54. The Bertz CT molecular complexity index is 826. The highest BCUT2D eigenvalue weighted by Crippen LogP contribution is 2.31. The molecule has 0 spiro atoms. The molecule has 0 aromatic heterocycles. The predicted octanol–water partition coefficient (Wildman–Crippen LogP) is 3.49. The number of amidine groups is 1. The zero-order chi connectivity index (χ0) is 18.6. The molecule has 1 saturated heterocycles. The SMILES string of the molecule is O=C(N[C@@H]1C2=NOCCN2C[C@H]1c1ccc(Br)cc1)OCc1ccccc1. The van der Waals surface area contributed by atoms with Crippen LogP contribution < -0.4 is 5.32 Å². The van der Waals surface area contributed by atoms with Gasteiger partial charge in [-0.1, -0.05) is 63.6 Å². The van der Waals surface area contributed by atoms with Gasteiger partial charge in [0.15, 0.2) is 5.84 Å². The minimum Gasteiger partial charge on any atom is -0.445 e. The van der Waals surface area contributed by atoms with E-state index in [0.717, 1.165) is 34.5 Å². The third kappa shape index (κ3) is 4.08. The van der Waals surface area contributed by atoms with Crippen LogP contribution in [-0.4, -0.2) is 42.6 Å². The van der Waals surface area contributed by atoms with Gasteiger partial charge in [-0.2, -0.15) is 0 Å². The van der Waals surface area contributed by atoms with Gasteiger partial charge >= 0.3 is 6.09 Å². The number of nitrogens with one attached hydrogen (secondary N) is 1. The molecule has 0 aliphatic carbocycles. The summed E-state index contributed by atoms with van der Waals surface area (Å²) in [5.74, 6) is 0.841. The van der Waals surface area contributed by atoms with Crippen molar-refractivity contribution in [2.75, 3.05) is 19.7 Å². The van der Waals surface area contributed by atoms with Crippen molar-refractivity contribution < 1.29 is 14.4 Å². The van der Waals surface area contributed by atoms with E-state index < -0.39 is 6.09 Å². The maximum atomic E-state index is 12.4. The lowest BCUT2D eigenvalue weighted by Gasteiger charge is -2.24. The molecule has 0 saturated carbocycles. The fourth-order valence-electron chi connectivity index (χ4n) is 3.46. The van der Waals surface area contributed by atoms with Crippen molar-refractivity contribution in [2.24, 2.45) is 5.16 Å². The minimum atomic E-state index is -0.457. The summed E-state index contributed by atoms with van der Waals surface area (Å²) in [6.07, 6.45) is -0.457. The van der Waals surface area contributed by atoms with E-state index in [2.05, 4.69) is 43.4 Å². The monoisotopic (exact) mass is 429 g/mol. The molecule has 2 atom stereocenters. The number of rotatable bonds is 4. The van der Waals surface area contributed by atoms with Crippen molar-refractivity contribution in [3.8, 4) is 0 Å². The van der Waals surface area contributed by atoms with Gasteiger partial charge in [0.25, 0.3) is 0 Å². The summed E-state index contributed by atoms with van der Waals surface area (Å²) in [5.41, 5.74) is 2.09. The first kappa shape index (κ1) is 17.9. The number of carbonyl (C=O) groups is 1. The lowest BCUT2D eigenvalue weighted by Crippen LogP contribution is -2.45. The van der Waals surface area contributed by atoms with Crippen LogP contribution in [0.25, 0.3) is 0 Å². The normalized spacial score (nSPS) is 21.1. The summed E-state index contributed by atoms with van der Waals surface area (Å²) < 4.78 is 6.42. The number of halogens is 1. The number of hydrogen-bond acceptors (Lipinski definition) is 5. The van der Waals surface area contributed by atoms with Crippen LogP contribution in [0.1, 0.15) is 17.0 Å². The van der Waals surface area contributed by atoms with Crippen LogP contribution in [0.3, 0.4) is 0 Å². The molecule has 2 aliphatic rings. The second-order valence-corrected chi connectivity index (χ2v) is 7.49. The van der Waals surface area contributed by atoms with E-state index in [1.807, 2.05) is 42.5 Å². The second kappa shape index (κ2) is 8.00. The number of benzene rings is 2. The molecule has 140 valence electrons. The molecular weight excluding hydrogens is 410 g/mol. The molecule has 6 nitrogen and oxygen atoms in total. The van der Waals surface area contributed by atoms with Gasteiger partial charge in [0.1, 0.15) is 19.3 Å². The summed E-state index contributed by atoms with van der Waals surface area (Å²) >= 11 is 3.47. The van der Waals surface area contributed by atoms with E-state index in [4.69, 9.17) is 9.57 Å². The molecule has 0 radical (unpaired) electrons. The topological polar surface area (TPSA) is 63.2 Å². The zero-order valence-corrected chi connectivity index (χ0v) is 16.3. The quantitative estimate of drug-likeness (QED) is 0.807. The molecule has 4 rings (SSSR count). The Kier molecular flexibility index (Phi) is 5.29. The first-order chi connectivity index (χ1) is 13.2. The Labute approximate surface area is 166 Å². The standard InChI is InChI=1S/C20H20BrN3O3/c21-16-8-6-15(7-9-16)17-12-24-10-11-27-23-19(24)18(17)22-20(25)26-13-14-4-2-1-3-5-14/h1-9,17-18H,10-13H2,(H,22,25)/t17-,18-/m0/s1. The lowest BCUT2D eigenvalue weighted by molar-refractivity contribution is 0.105. The molecule has 1 amide bonds. The summed E-state index contributed by atoms with van der Waals surface area (Å²) in [5, 5.41) is 7.19. The minimum absolute atomic E-state index is 0.0859. The van der Waals surface area contributed by atoms with Gasteiger partial charge in [0, 0.05) is 16.9 Å². The summed E-state index contributed by atoms with van der Waals surface area (Å²) in [6.45, 7) is 2.34. The number of ether oxygens (including phenoxy) is 1. The summed E-state index contributed by atoms with van der Waals surface area (Å²) in [6, 6.07) is 17.5. The second-order valence-electron chi connectivity index (χ2n) is 6.57. The van der Waals surface area contributed by atoms with Crippen molar-refractivity contribution in [3.63, 3.8) is 0 Å². The van der Waals surface area contributed by atoms with Crippen molar-refractivity contribution in [1.29, 1.82) is 0 Å². The smallest absolute Gasteiger partial charge is 0.408 e. The highest BCUT2D eigenvalue weighted by molar-refractivity contribution is 9.10. The highest BCUT2D eigenvalue weighted by Gasteiger charge is 2.42. The number of hydrogen-bond donors (Lipinski definition) is 1. The molecule has 2 aromatic carbocycles. The van der Waals surface area contributed by atoms with Crippen molar-refractivity contribution in [3.05, 3.63) is 70.2 Å². The lowest BCUT2D eigenvalue weighted by atomic mass is 9.94. The molecule has 0 unspecified atom stereocenters. The third-order valence-electron chi connectivity index (χ3n) is 4.82. The Balaban J connectivity index is 1.48. The van der Waals surface area contributed by atoms with Crippen molar-refractivity contribution >= 4 is 27.9 Å². The largest absolute Gasteiger partial charge is 0.445 e. The first-order valence-electron chi connectivity index (χ1n) is 8.88. The average Bonchev–Trinajstić information content (AvgIpc) is 3.06. The van der Waals surface area contributed by atoms with E-state index in [0.29, 0.717) is 6.61 Å². The molecule has 2 aromatic rings. The number of oxime groups is 1. The van der Waals surface area contributed by atoms with Gasteiger partial charge in [-0.15, -0.1) is 0 Å². The molecule has 2 aliphatic heterocycles. The van der Waals surface area contributed by atoms with Crippen molar-refractivity contribution in [2.45, 2.75) is 18.6 Å². The van der Waals surface area contributed by atoms with Crippen LogP contribution in [0.5, 0.6) is 0 Å². The van der Waals surface area contributed by atoms with Crippen LogP contribution in [0.2, 0.25) is 0 Å². The molecule has 1 fully saturated rings. The van der Waals surface area contributed by atoms with Crippen LogP contribution in [0.4, 0.5) is 4.79 Å². The third-order valence-corrected chi connectivity index (χ3v) is 5.35. The number of amides is 1. The Morgan fingerprint density at radius 3 is 2.78 bits per heavy atom. The molecule has 0 bridgehead atoms. The average molecular weight is 430 g/mol. The van der Waals surface area contributed by atoms with Gasteiger partial charge in [0.2, 0.25) is 0 Å². The van der Waals surface area contributed by atoms with Crippen LogP contribution in [-0.2, 0) is 16.2 Å². The van der Waals surface area contributed by atoms with E-state index in [-0.39, 0.29) is 18.6 Å². The maximum Gasteiger partial charge on any atom is 0.408 e. The van der Waals surface area contributed by atoms with Gasteiger partial charge in [-0.05, 0) is 23.3 Å². The predicted molar refractivity (Wildman–Crippen MR) is 105 cm³/mol. The van der Waals surface area contributed by atoms with E-state index in [1.165, 1.54) is 0 Å². The van der Waals surface area contributed by atoms with Gasteiger partial charge in [-0.25, -0.2) is 4.79 Å². The highest BCUT2D eigenvalue weighted by atomic mass is 79.9. The van der Waals surface area contributed by atoms with Gasteiger partial charge in [0.05, 0.1) is 6.54 Å². The van der Waals surface area contributed by atoms with E-state index >= 15 is 0 Å². The molecule has 7 heteroatoms. The number of alkyl carbamates (subject to hydrolysis) is 1. The van der Waals surface area contributed by atoms with Crippen molar-refractivity contribution in [1.82, 2.24) is 10.2 Å². The zero-order valence-electron chi connectivity index (χ0n) is 14.7. The molecule has 2 heterocycles. The summed E-state index contributed by atoms with van der Waals surface area (Å²) in [4.78, 5) is 19.9. The van der Waals surface area contributed by atoms with Crippen LogP contribution in [0.15, 0.2) is 64.2 Å². The number of nitrogens with zero attached hydrogens (tertiary/aromatic N) is 2. The van der Waals surface area contributed by atoms with Gasteiger partial charge in [-0.3, -0.25) is 0 Å². The maximum absolute atomic E-state index is 12.4. The fraction of sp³-hybridized carbons (Fsp3) is 0.300. The fourth-order valence-corrected chi connectivity index (χ4v) is 3.73. The Morgan fingerprint density at radius 1 is 1.22 bits per heavy atom. The summed E-state index contributed by atoms with van der Waals surface area (Å²) in [7, 11) is 0.